The molecule has 0 amide bonds. The molecular formula is C17H14IN5O. The molecule has 0 radical (unpaired) electrons. The molecule has 6 nitrogen and oxygen atoms in total. The SMILES string of the molecule is COc1ccc(C2C=C(c3ccc(I)cc3)Nc3nnnn32)cc1. The topological polar surface area (TPSA) is 64.9 Å². The number of tetrazole rings is 1. The number of rotatable bonds is 3. The van der Waals surface area contributed by atoms with Crippen LogP contribution in [0.25, 0.3) is 5.70 Å². The van der Waals surface area contributed by atoms with Crippen LogP contribution in [0.5, 0.6) is 5.75 Å². The van der Waals surface area contributed by atoms with Crippen molar-refractivity contribution in [1.82, 2.24) is 20.2 Å². The van der Waals surface area contributed by atoms with E-state index >= 15 is 0 Å². The smallest absolute Gasteiger partial charge is 0.248 e. The molecule has 1 unspecified atom stereocenters. The van der Waals surface area contributed by atoms with Crippen LogP contribution in [0.4, 0.5) is 5.95 Å². The van der Waals surface area contributed by atoms with E-state index in [1.807, 2.05) is 24.3 Å². The zero-order chi connectivity index (χ0) is 16.5. The van der Waals surface area contributed by atoms with Crippen molar-refractivity contribution >= 4 is 34.2 Å². The largest absolute Gasteiger partial charge is 0.497 e. The van der Waals surface area contributed by atoms with Gasteiger partial charge in [-0.2, -0.15) is 4.68 Å². The summed E-state index contributed by atoms with van der Waals surface area (Å²) in [5.74, 6) is 1.46. The molecule has 1 aliphatic rings. The average Bonchev–Trinajstić information content (AvgIpc) is 3.10. The van der Waals surface area contributed by atoms with Gasteiger partial charge in [-0.15, -0.1) is 0 Å². The molecule has 3 aromatic rings. The van der Waals surface area contributed by atoms with Crippen LogP contribution in [0, 0.1) is 3.57 Å². The van der Waals surface area contributed by atoms with Gasteiger partial charge in [0.2, 0.25) is 5.95 Å². The molecule has 120 valence electrons. The van der Waals surface area contributed by atoms with E-state index in [-0.39, 0.29) is 6.04 Å². The van der Waals surface area contributed by atoms with Gasteiger partial charge in [0.05, 0.1) is 7.11 Å². The summed E-state index contributed by atoms with van der Waals surface area (Å²) in [6, 6.07) is 16.2. The maximum absolute atomic E-state index is 5.24. The zero-order valence-corrected chi connectivity index (χ0v) is 15.0. The van der Waals surface area contributed by atoms with Crippen molar-refractivity contribution in [3.05, 3.63) is 69.3 Å². The number of fused-ring (bicyclic) bond motifs is 1. The highest BCUT2D eigenvalue weighted by Crippen LogP contribution is 2.32. The number of allylic oxidation sites excluding steroid dienone is 1. The van der Waals surface area contributed by atoms with Gasteiger partial charge in [-0.1, -0.05) is 29.4 Å². The highest BCUT2D eigenvalue weighted by Gasteiger charge is 2.24. The predicted octanol–water partition coefficient (Wildman–Crippen LogP) is 3.34. The molecule has 1 aromatic heterocycles. The highest BCUT2D eigenvalue weighted by atomic mass is 127. The second-order valence-corrected chi connectivity index (χ2v) is 6.62. The second-order valence-electron chi connectivity index (χ2n) is 5.38. The zero-order valence-electron chi connectivity index (χ0n) is 12.8. The summed E-state index contributed by atoms with van der Waals surface area (Å²) >= 11 is 2.30. The van der Waals surface area contributed by atoms with E-state index in [1.54, 1.807) is 11.8 Å². The summed E-state index contributed by atoms with van der Waals surface area (Å²) in [5.41, 5.74) is 3.19. The molecule has 0 saturated heterocycles. The molecule has 24 heavy (non-hydrogen) atoms. The number of hydrogen-bond donors (Lipinski definition) is 1. The first-order valence-corrected chi connectivity index (χ1v) is 8.49. The maximum Gasteiger partial charge on any atom is 0.248 e. The first-order chi connectivity index (χ1) is 11.7. The van der Waals surface area contributed by atoms with E-state index in [2.05, 4.69) is 73.8 Å². The van der Waals surface area contributed by atoms with Crippen LogP contribution in [0.2, 0.25) is 0 Å². The fraction of sp³-hybridized carbons (Fsp3) is 0.118. The van der Waals surface area contributed by atoms with Crippen molar-refractivity contribution in [3.63, 3.8) is 0 Å². The minimum absolute atomic E-state index is 0.0727. The summed E-state index contributed by atoms with van der Waals surface area (Å²) in [4.78, 5) is 0. The molecule has 0 fully saturated rings. The van der Waals surface area contributed by atoms with Gasteiger partial charge in [0, 0.05) is 9.27 Å². The Morgan fingerprint density at radius 3 is 2.54 bits per heavy atom. The molecule has 0 saturated carbocycles. The number of methoxy groups -OCH3 is 1. The lowest BCUT2D eigenvalue weighted by atomic mass is 10.0. The van der Waals surface area contributed by atoms with Gasteiger partial charge in [0.25, 0.3) is 0 Å². The molecule has 2 aromatic carbocycles. The summed E-state index contributed by atoms with van der Waals surface area (Å²) in [7, 11) is 1.66. The standard InChI is InChI=1S/C17H14IN5O/c1-24-14-8-4-12(5-9-14)16-10-15(11-2-6-13(18)7-3-11)19-17-20-21-22-23(16)17/h2-10,16H,1H3,(H,19,20,22). The van der Waals surface area contributed by atoms with Crippen molar-refractivity contribution in [3.8, 4) is 5.75 Å². The van der Waals surface area contributed by atoms with E-state index < -0.39 is 0 Å². The molecular weight excluding hydrogens is 417 g/mol. The van der Waals surface area contributed by atoms with Crippen LogP contribution in [-0.4, -0.2) is 27.3 Å². The molecule has 0 aliphatic carbocycles. The van der Waals surface area contributed by atoms with Crippen LogP contribution < -0.4 is 10.1 Å². The number of anilines is 1. The first-order valence-electron chi connectivity index (χ1n) is 7.41. The number of aromatic nitrogens is 4. The number of ether oxygens (including phenoxy) is 1. The van der Waals surface area contributed by atoms with Crippen LogP contribution >= 0.6 is 22.6 Å². The molecule has 0 spiro atoms. The van der Waals surface area contributed by atoms with Crippen LogP contribution in [0.1, 0.15) is 17.2 Å². The molecule has 1 N–H and O–H groups in total. The third kappa shape index (κ3) is 2.75. The highest BCUT2D eigenvalue weighted by molar-refractivity contribution is 14.1. The Labute approximate surface area is 152 Å². The van der Waals surface area contributed by atoms with E-state index in [0.29, 0.717) is 5.95 Å². The Morgan fingerprint density at radius 1 is 1.08 bits per heavy atom. The lowest BCUT2D eigenvalue weighted by molar-refractivity contribution is 0.414. The Kier molecular flexibility index (Phi) is 3.93. The number of nitrogens with one attached hydrogen (secondary N) is 1. The lowest BCUT2D eigenvalue weighted by Crippen LogP contribution is -2.20. The van der Waals surface area contributed by atoms with Crippen molar-refractivity contribution in [2.24, 2.45) is 0 Å². The maximum atomic E-state index is 5.24. The first kappa shape index (κ1) is 15.1. The lowest BCUT2D eigenvalue weighted by Gasteiger charge is -2.23. The Balaban J connectivity index is 1.77. The molecule has 0 bridgehead atoms. The average molecular weight is 431 g/mol. The van der Waals surface area contributed by atoms with Gasteiger partial charge in [-0.3, -0.25) is 0 Å². The van der Waals surface area contributed by atoms with Crippen LogP contribution in [-0.2, 0) is 0 Å². The number of nitrogens with zero attached hydrogens (tertiary/aromatic N) is 4. The molecule has 7 heteroatoms. The Bertz CT molecular complexity index is 886. The van der Waals surface area contributed by atoms with Gasteiger partial charge in [0.15, 0.2) is 0 Å². The second kappa shape index (κ2) is 6.23. The Hall–Kier alpha value is -2.42. The predicted molar refractivity (Wildman–Crippen MR) is 99.7 cm³/mol. The van der Waals surface area contributed by atoms with E-state index in [9.17, 15) is 0 Å². The quantitative estimate of drug-likeness (QED) is 0.645. The molecule has 2 heterocycles. The van der Waals surface area contributed by atoms with Crippen molar-refractivity contribution < 1.29 is 4.74 Å². The normalized spacial score (nSPS) is 16.1. The summed E-state index contributed by atoms with van der Waals surface area (Å²) < 4.78 is 8.21. The molecule has 1 aliphatic heterocycles. The van der Waals surface area contributed by atoms with Gasteiger partial charge in [0.1, 0.15) is 11.8 Å². The summed E-state index contributed by atoms with van der Waals surface area (Å²) in [6.07, 6.45) is 2.13. The summed E-state index contributed by atoms with van der Waals surface area (Å²) in [5, 5.41) is 15.3. The van der Waals surface area contributed by atoms with E-state index in [0.717, 1.165) is 22.6 Å². The minimum atomic E-state index is -0.0727. The number of hydrogen-bond acceptors (Lipinski definition) is 5. The minimum Gasteiger partial charge on any atom is -0.497 e. The molecule has 1 atom stereocenters. The van der Waals surface area contributed by atoms with E-state index in [1.165, 1.54) is 3.57 Å². The fourth-order valence-corrected chi connectivity index (χ4v) is 3.05. The van der Waals surface area contributed by atoms with Crippen molar-refractivity contribution in [2.75, 3.05) is 12.4 Å². The Morgan fingerprint density at radius 2 is 1.83 bits per heavy atom. The molecule has 4 rings (SSSR count). The van der Waals surface area contributed by atoms with Crippen LogP contribution in [0.3, 0.4) is 0 Å². The van der Waals surface area contributed by atoms with Crippen LogP contribution in [0.15, 0.2) is 54.6 Å². The number of benzene rings is 2. The monoisotopic (exact) mass is 431 g/mol. The van der Waals surface area contributed by atoms with Gasteiger partial charge < -0.3 is 10.1 Å². The van der Waals surface area contributed by atoms with Crippen molar-refractivity contribution in [1.29, 1.82) is 0 Å². The van der Waals surface area contributed by atoms with E-state index in [4.69, 9.17) is 4.74 Å². The fourth-order valence-electron chi connectivity index (χ4n) is 2.69. The van der Waals surface area contributed by atoms with Gasteiger partial charge in [-0.25, -0.2) is 0 Å². The third-order valence-corrected chi connectivity index (χ3v) is 4.66. The third-order valence-electron chi connectivity index (χ3n) is 3.94. The summed E-state index contributed by atoms with van der Waals surface area (Å²) in [6.45, 7) is 0. The van der Waals surface area contributed by atoms with Gasteiger partial charge >= 0.3 is 0 Å². The number of halogens is 1. The van der Waals surface area contributed by atoms with Gasteiger partial charge in [-0.05, 0) is 74.5 Å². The van der Waals surface area contributed by atoms with Crippen molar-refractivity contribution in [2.45, 2.75) is 6.04 Å².